The molecule has 2 aliphatic rings. The van der Waals surface area contributed by atoms with E-state index in [4.69, 9.17) is 9.47 Å². The van der Waals surface area contributed by atoms with Crippen LogP contribution in [0, 0.1) is 0 Å². The zero-order chi connectivity index (χ0) is 21.8. The molecular formula is C24H30N4O3. The molecule has 2 aliphatic heterocycles. The maximum Gasteiger partial charge on any atom is 0.231 e. The van der Waals surface area contributed by atoms with Crippen LogP contribution in [0.25, 0.3) is 0 Å². The Morgan fingerprint density at radius 2 is 1.87 bits per heavy atom. The average Bonchev–Trinajstić information content (AvgIpc) is 3.42. The van der Waals surface area contributed by atoms with Crippen molar-refractivity contribution in [2.24, 2.45) is 4.99 Å². The smallest absolute Gasteiger partial charge is 0.231 e. The molecule has 2 aromatic rings. The minimum Gasteiger partial charge on any atom is -0.454 e. The van der Waals surface area contributed by atoms with E-state index in [0.29, 0.717) is 19.5 Å². The number of anilines is 1. The largest absolute Gasteiger partial charge is 0.454 e. The molecule has 4 rings (SSSR count). The first kappa shape index (κ1) is 21.0. The summed E-state index contributed by atoms with van der Waals surface area (Å²) in [5.41, 5.74) is 3.15. The summed E-state index contributed by atoms with van der Waals surface area (Å²) in [5, 5.41) is 6.78. The van der Waals surface area contributed by atoms with Crippen LogP contribution in [0.5, 0.6) is 11.5 Å². The van der Waals surface area contributed by atoms with Gasteiger partial charge in [-0.2, -0.15) is 0 Å². The summed E-state index contributed by atoms with van der Waals surface area (Å²) in [6.07, 6.45) is 1.58. The predicted molar refractivity (Wildman–Crippen MR) is 122 cm³/mol. The van der Waals surface area contributed by atoms with Crippen molar-refractivity contribution in [3.8, 4) is 11.5 Å². The molecule has 1 amide bonds. The summed E-state index contributed by atoms with van der Waals surface area (Å²) >= 11 is 0. The van der Waals surface area contributed by atoms with Gasteiger partial charge in [-0.1, -0.05) is 32.0 Å². The van der Waals surface area contributed by atoms with E-state index in [1.807, 2.05) is 29.2 Å². The molecule has 0 aliphatic carbocycles. The number of benzene rings is 2. The van der Waals surface area contributed by atoms with Crippen molar-refractivity contribution in [3.05, 3.63) is 53.6 Å². The molecule has 0 saturated carbocycles. The van der Waals surface area contributed by atoms with Gasteiger partial charge in [-0.25, -0.2) is 0 Å². The van der Waals surface area contributed by atoms with Gasteiger partial charge < -0.3 is 25.0 Å². The van der Waals surface area contributed by atoms with Crippen molar-refractivity contribution in [2.45, 2.75) is 38.6 Å². The third kappa shape index (κ3) is 4.76. The standard InChI is InChI=1S/C24H30N4O3/c1-24(2,18-8-11-20-21(13-18)31-16-30-20)15-27-23(25-3)26-14-17-6-9-19(10-7-17)28-12-4-5-22(28)29/h6-11,13H,4-5,12,14-16H2,1-3H3,(H2,25,26,27). The number of nitrogens with zero attached hydrogens (tertiary/aromatic N) is 2. The maximum atomic E-state index is 11.9. The van der Waals surface area contributed by atoms with Gasteiger partial charge in [0.15, 0.2) is 17.5 Å². The fraction of sp³-hybridized carbons (Fsp3) is 0.417. The van der Waals surface area contributed by atoms with E-state index in [1.54, 1.807) is 7.05 Å². The van der Waals surface area contributed by atoms with Gasteiger partial charge in [0.05, 0.1) is 0 Å². The normalized spacial score (nSPS) is 16.0. The van der Waals surface area contributed by atoms with Crippen LogP contribution in [0.2, 0.25) is 0 Å². The van der Waals surface area contributed by atoms with E-state index in [2.05, 4.69) is 47.7 Å². The second-order valence-electron chi connectivity index (χ2n) is 8.55. The molecule has 164 valence electrons. The lowest BCUT2D eigenvalue weighted by Crippen LogP contribution is -2.43. The minimum absolute atomic E-state index is 0.123. The second kappa shape index (κ2) is 8.88. The van der Waals surface area contributed by atoms with Gasteiger partial charge in [0.25, 0.3) is 0 Å². The Morgan fingerprint density at radius 3 is 2.58 bits per heavy atom. The number of amides is 1. The average molecular weight is 423 g/mol. The predicted octanol–water partition coefficient (Wildman–Crippen LogP) is 3.18. The number of nitrogens with one attached hydrogen (secondary N) is 2. The van der Waals surface area contributed by atoms with E-state index < -0.39 is 0 Å². The van der Waals surface area contributed by atoms with Crippen LogP contribution in [0.3, 0.4) is 0 Å². The van der Waals surface area contributed by atoms with E-state index in [0.717, 1.165) is 41.7 Å². The van der Waals surface area contributed by atoms with Gasteiger partial charge >= 0.3 is 0 Å². The first-order chi connectivity index (χ1) is 15.0. The molecule has 0 aromatic heterocycles. The molecule has 0 bridgehead atoms. The molecule has 0 radical (unpaired) electrons. The van der Waals surface area contributed by atoms with Gasteiger partial charge in [0.2, 0.25) is 12.7 Å². The number of guanidine groups is 1. The van der Waals surface area contributed by atoms with Crippen LogP contribution < -0.4 is 25.0 Å². The van der Waals surface area contributed by atoms with Gasteiger partial charge in [-0.05, 0) is 41.8 Å². The summed E-state index contributed by atoms with van der Waals surface area (Å²) in [6, 6.07) is 14.2. The summed E-state index contributed by atoms with van der Waals surface area (Å²) in [7, 11) is 1.77. The number of carbonyl (C=O) groups is 1. The Hall–Kier alpha value is -3.22. The highest BCUT2D eigenvalue weighted by Gasteiger charge is 2.24. The van der Waals surface area contributed by atoms with Crippen LogP contribution in [0.4, 0.5) is 5.69 Å². The summed E-state index contributed by atoms with van der Waals surface area (Å²) < 4.78 is 10.9. The maximum absolute atomic E-state index is 11.9. The molecule has 2 N–H and O–H groups in total. The topological polar surface area (TPSA) is 75.2 Å². The second-order valence-corrected chi connectivity index (χ2v) is 8.55. The number of hydrogen-bond acceptors (Lipinski definition) is 4. The van der Waals surface area contributed by atoms with E-state index in [-0.39, 0.29) is 18.1 Å². The highest BCUT2D eigenvalue weighted by atomic mass is 16.7. The number of carbonyl (C=O) groups excluding carboxylic acids is 1. The lowest BCUT2D eigenvalue weighted by molar-refractivity contribution is -0.117. The zero-order valence-electron chi connectivity index (χ0n) is 18.4. The molecule has 2 heterocycles. The van der Waals surface area contributed by atoms with Crippen molar-refractivity contribution >= 4 is 17.6 Å². The van der Waals surface area contributed by atoms with Gasteiger partial charge in [-0.3, -0.25) is 9.79 Å². The Labute approximate surface area is 183 Å². The fourth-order valence-electron chi connectivity index (χ4n) is 3.85. The molecule has 0 atom stereocenters. The first-order valence-electron chi connectivity index (χ1n) is 10.7. The van der Waals surface area contributed by atoms with Crippen molar-refractivity contribution in [1.82, 2.24) is 10.6 Å². The Morgan fingerprint density at radius 1 is 1.10 bits per heavy atom. The third-order valence-electron chi connectivity index (χ3n) is 5.86. The molecule has 1 saturated heterocycles. The van der Waals surface area contributed by atoms with Gasteiger partial charge in [-0.15, -0.1) is 0 Å². The first-order valence-corrected chi connectivity index (χ1v) is 10.7. The minimum atomic E-state index is -0.123. The number of aliphatic imine (C=N–C) groups is 1. The molecule has 7 nitrogen and oxygen atoms in total. The van der Waals surface area contributed by atoms with Crippen LogP contribution in [-0.4, -0.2) is 38.8 Å². The quantitative estimate of drug-likeness (QED) is 0.552. The number of rotatable bonds is 6. The van der Waals surface area contributed by atoms with E-state index in [1.165, 1.54) is 5.56 Å². The van der Waals surface area contributed by atoms with Crippen LogP contribution in [0.1, 0.15) is 37.8 Å². The number of hydrogen-bond donors (Lipinski definition) is 2. The van der Waals surface area contributed by atoms with E-state index in [9.17, 15) is 4.79 Å². The monoisotopic (exact) mass is 422 g/mol. The lowest BCUT2D eigenvalue weighted by atomic mass is 9.84. The molecule has 31 heavy (non-hydrogen) atoms. The highest BCUT2D eigenvalue weighted by Crippen LogP contribution is 2.36. The Bertz CT molecular complexity index is 969. The van der Waals surface area contributed by atoms with Crippen LogP contribution in [-0.2, 0) is 16.8 Å². The van der Waals surface area contributed by atoms with Gasteiger partial charge in [0, 0.05) is 44.2 Å². The molecule has 1 fully saturated rings. The molecule has 2 aromatic carbocycles. The summed E-state index contributed by atoms with van der Waals surface area (Å²) in [5.74, 6) is 2.55. The molecule has 0 spiro atoms. The van der Waals surface area contributed by atoms with Crippen molar-refractivity contribution in [1.29, 1.82) is 0 Å². The third-order valence-corrected chi connectivity index (χ3v) is 5.86. The van der Waals surface area contributed by atoms with Crippen LogP contribution in [0.15, 0.2) is 47.5 Å². The van der Waals surface area contributed by atoms with Crippen molar-refractivity contribution in [2.75, 3.05) is 31.8 Å². The fourth-order valence-corrected chi connectivity index (χ4v) is 3.85. The summed E-state index contributed by atoms with van der Waals surface area (Å²) in [6.45, 7) is 6.82. The molecular weight excluding hydrogens is 392 g/mol. The van der Waals surface area contributed by atoms with Crippen LogP contribution >= 0.6 is 0 Å². The number of ether oxygens (including phenoxy) is 2. The van der Waals surface area contributed by atoms with Gasteiger partial charge in [0.1, 0.15) is 0 Å². The summed E-state index contributed by atoms with van der Waals surface area (Å²) in [4.78, 5) is 18.1. The molecule has 0 unspecified atom stereocenters. The Kier molecular flexibility index (Phi) is 6.02. The Balaban J connectivity index is 1.31. The highest BCUT2D eigenvalue weighted by molar-refractivity contribution is 5.95. The SMILES string of the molecule is CN=C(NCc1ccc(N2CCCC2=O)cc1)NCC(C)(C)c1ccc2c(c1)OCO2. The molecule has 7 heteroatoms. The lowest BCUT2D eigenvalue weighted by Gasteiger charge is -2.27. The van der Waals surface area contributed by atoms with E-state index >= 15 is 0 Å². The zero-order valence-corrected chi connectivity index (χ0v) is 18.4. The number of fused-ring (bicyclic) bond motifs is 1. The van der Waals surface area contributed by atoms with Crippen molar-refractivity contribution in [3.63, 3.8) is 0 Å². The van der Waals surface area contributed by atoms with Crippen molar-refractivity contribution < 1.29 is 14.3 Å².